The van der Waals surface area contributed by atoms with Gasteiger partial charge in [-0.15, -0.1) is 0 Å². The highest BCUT2D eigenvalue weighted by Gasteiger charge is 2.39. The average Bonchev–Trinajstić information content (AvgIpc) is 2.65. The van der Waals surface area contributed by atoms with Crippen LogP contribution < -0.4 is 0 Å². The number of hydrogen-bond acceptors (Lipinski definition) is 3. The van der Waals surface area contributed by atoms with Gasteiger partial charge in [-0.2, -0.15) is 0 Å². The molecule has 0 aromatic heterocycles. The van der Waals surface area contributed by atoms with Gasteiger partial charge in [-0.05, 0) is 45.3 Å². The molecule has 3 radical (unpaired) electrons. The van der Waals surface area contributed by atoms with Crippen molar-refractivity contribution in [3.63, 3.8) is 0 Å². The highest BCUT2D eigenvalue weighted by Crippen LogP contribution is 2.25. The molecule has 0 aromatic carbocycles. The molecule has 3 nitrogen and oxygen atoms in total. The van der Waals surface area contributed by atoms with Crippen molar-refractivity contribution >= 4 is 35.9 Å². The highest BCUT2D eigenvalue weighted by molar-refractivity contribution is 6.86. The van der Waals surface area contributed by atoms with E-state index in [9.17, 15) is 0 Å². The maximum Gasteiger partial charge on any atom is 0.312 e. The molecule has 0 amide bonds. The zero-order valence-electron chi connectivity index (χ0n) is 22.2. The van der Waals surface area contributed by atoms with Gasteiger partial charge in [0.1, 0.15) is 0 Å². The van der Waals surface area contributed by atoms with Crippen molar-refractivity contribution in [3.8, 4) is 0 Å². The second kappa shape index (κ2) is 18.1. The summed E-state index contributed by atoms with van der Waals surface area (Å²) in [5.74, 6) is 0. The van der Waals surface area contributed by atoms with Gasteiger partial charge in [-0.1, -0.05) is 110 Å². The molecule has 185 valence electrons. The fraction of sp³-hybridized carbons (Fsp3) is 1.00. The van der Waals surface area contributed by atoms with Crippen LogP contribution in [0.2, 0.25) is 45.3 Å². The molecule has 0 saturated carbocycles. The van der Waals surface area contributed by atoms with Gasteiger partial charge in [0.2, 0.25) is 10.5 Å². The van der Waals surface area contributed by atoms with E-state index >= 15 is 0 Å². The van der Waals surface area contributed by atoms with Gasteiger partial charge in [-0.25, -0.2) is 0 Å². The molecule has 0 fully saturated rings. The zero-order valence-corrected chi connectivity index (χ0v) is 26.2. The first-order valence-electron chi connectivity index (χ1n) is 13.3. The Bertz CT molecular complexity index is 418. The molecule has 0 spiro atoms. The van der Waals surface area contributed by atoms with Crippen molar-refractivity contribution in [2.45, 2.75) is 155 Å². The fourth-order valence-corrected chi connectivity index (χ4v) is 17.1. The lowest BCUT2D eigenvalue weighted by molar-refractivity contribution is 0.339. The summed E-state index contributed by atoms with van der Waals surface area (Å²) in [6.07, 6.45) is 22.7. The lowest BCUT2D eigenvalue weighted by Gasteiger charge is -2.37. The minimum atomic E-state index is -2.14. The van der Waals surface area contributed by atoms with Crippen molar-refractivity contribution in [2.24, 2.45) is 0 Å². The van der Waals surface area contributed by atoms with E-state index in [2.05, 4.69) is 56.7 Å². The molecule has 0 unspecified atom stereocenters. The van der Waals surface area contributed by atoms with Gasteiger partial charge in [0, 0.05) is 0 Å². The van der Waals surface area contributed by atoms with Crippen LogP contribution in [0.25, 0.3) is 0 Å². The van der Waals surface area contributed by atoms with Gasteiger partial charge in [-0.3, -0.25) is 0 Å². The summed E-state index contributed by atoms with van der Waals surface area (Å²) in [7, 11) is -2.75. The molecular weight excluding hydrogens is 449 g/mol. The van der Waals surface area contributed by atoms with Crippen LogP contribution in [0.5, 0.6) is 0 Å². The predicted molar refractivity (Wildman–Crippen MR) is 146 cm³/mol. The van der Waals surface area contributed by atoms with Crippen molar-refractivity contribution in [1.29, 1.82) is 0 Å². The molecule has 0 N–H and O–H groups in total. The van der Waals surface area contributed by atoms with Gasteiger partial charge < -0.3 is 12.3 Å². The summed E-state index contributed by atoms with van der Waals surface area (Å²) >= 11 is 0. The molecule has 0 aliphatic carbocycles. The van der Waals surface area contributed by atoms with Crippen LogP contribution in [0.3, 0.4) is 0 Å². The summed E-state index contributed by atoms with van der Waals surface area (Å²) in [4.78, 5) is 0. The van der Waals surface area contributed by atoms with Crippen LogP contribution in [0.1, 0.15) is 110 Å². The average molecular weight is 504 g/mol. The second-order valence-electron chi connectivity index (χ2n) is 10.9. The van der Waals surface area contributed by atoms with E-state index in [0.717, 1.165) is 0 Å². The molecule has 0 heterocycles. The summed E-state index contributed by atoms with van der Waals surface area (Å²) in [6, 6.07) is 1.24. The fourth-order valence-electron chi connectivity index (χ4n) is 4.45. The molecule has 31 heavy (non-hydrogen) atoms. The quantitative estimate of drug-likeness (QED) is 0.109. The summed E-state index contributed by atoms with van der Waals surface area (Å²) in [5.41, 5.74) is 0. The minimum Gasteiger partial charge on any atom is -0.437 e. The highest BCUT2D eigenvalue weighted by atomic mass is 28.5. The van der Waals surface area contributed by atoms with Gasteiger partial charge in [0.25, 0.3) is 0 Å². The third kappa shape index (κ3) is 21.0. The Balaban J connectivity index is 3.59. The Kier molecular flexibility index (Phi) is 18.6. The van der Waals surface area contributed by atoms with Crippen LogP contribution in [-0.2, 0) is 12.3 Å². The first kappa shape index (κ1) is 31.7. The van der Waals surface area contributed by atoms with Gasteiger partial charge in [0.05, 0.1) is 0 Å². The third-order valence-corrected chi connectivity index (χ3v) is 17.5. The molecule has 0 aliphatic rings. The number of unbranched alkanes of at least 4 members (excludes halogenated alkanes) is 15. The summed E-state index contributed by atoms with van der Waals surface area (Å²) in [6.45, 7) is 15.4. The first-order valence-corrected chi connectivity index (χ1v) is 22.4. The molecule has 0 bridgehead atoms. The molecule has 0 aromatic rings. The van der Waals surface area contributed by atoms with Crippen LogP contribution in [0, 0.1) is 0 Å². The maximum atomic E-state index is 6.58. The number of rotatable bonds is 22. The molecule has 0 aliphatic heterocycles. The van der Waals surface area contributed by atoms with Gasteiger partial charge >= 0.3 is 17.1 Å². The van der Waals surface area contributed by atoms with Crippen LogP contribution in [0.4, 0.5) is 0 Å². The molecular formula is C24H55O3Si4. The van der Waals surface area contributed by atoms with Crippen molar-refractivity contribution in [1.82, 2.24) is 0 Å². The Hall–Kier alpha value is 0.748. The van der Waals surface area contributed by atoms with E-state index in [1.54, 1.807) is 0 Å². The molecule has 0 saturated heterocycles. The minimum absolute atomic E-state index is 1.24. The largest absolute Gasteiger partial charge is 0.437 e. The van der Waals surface area contributed by atoms with Crippen LogP contribution in [0.15, 0.2) is 0 Å². The standard InChI is InChI=1S/C24H55O3Si4/c1-8-9-10-11-12-13-14-15-16-17-18-19-20-21-22-23-24-29(2,3)26-31(6,7)27-30(4,5)25-28/h8-24H2,1-7H3. The molecule has 0 atom stereocenters. The summed E-state index contributed by atoms with van der Waals surface area (Å²) < 4.78 is 18.2. The Morgan fingerprint density at radius 1 is 0.484 bits per heavy atom. The molecule has 7 heteroatoms. The first-order chi connectivity index (χ1) is 14.5. The number of hydrogen-bond donors (Lipinski definition) is 0. The van der Waals surface area contributed by atoms with Crippen molar-refractivity contribution < 1.29 is 12.3 Å². The van der Waals surface area contributed by atoms with E-state index in [0.29, 0.717) is 0 Å². The lowest BCUT2D eigenvalue weighted by Crippen LogP contribution is -2.53. The lowest BCUT2D eigenvalue weighted by atomic mass is 10.0. The third-order valence-electron chi connectivity index (χ3n) is 5.89. The molecule has 0 rings (SSSR count). The maximum absolute atomic E-state index is 6.58. The normalized spacial score (nSPS) is 13.2. The monoisotopic (exact) mass is 503 g/mol. The van der Waals surface area contributed by atoms with E-state index in [-0.39, 0.29) is 0 Å². The Labute approximate surface area is 203 Å². The van der Waals surface area contributed by atoms with Crippen LogP contribution in [-0.4, -0.2) is 35.9 Å². The van der Waals surface area contributed by atoms with Crippen LogP contribution >= 0.6 is 0 Å². The Morgan fingerprint density at radius 2 is 0.839 bits per heavy atom. The van der Waals surface area contributed by atoms with E-state index in [1.807, 2.05) is 0 Å². The topological polar surface area (TPSA) is 27.7 Å². The Morgan fingerprint density at radius 3 is 1.19 bits per heavy atom. The predicted octanol–water partition coefficient (Wildman–Crippen LogP) is 8.99. The van der Waals surface area contributed by atoms with Crippen molar-refractivity contribution in [2.75, 3.05) is 0 Å². The zero-order chi connectivity index (χ0) is 23.6. The van der Waals surface area contributed by atoms with E-state index in [1.165, 1.54) is 109 Å². The van der Waals surface area contributed by atoms with Gasteiger partial charge in [0.15, 0.2) is 8.32 Å². The smallest absolute Gasteiger partial charge is 0.312 e. The SMILES string of the molecule is CCCCCCCCCCCCCCCCCC[Si](C)(C)O[Si](C)(C)O[Si](C)(C)O[Si]. The van der Waals surface area contributed by atoms with E-state index < -0.39 is 25.4 Å². The summed E-state index contributed by atoms with van der Waals surface area (Å²) in [5, 5.41) is 0. The van der Waals surface area contributed by atoms with Crippen molar-refractivity contribution in [3.05, 3.63) is 0 Å². The van der Waals surface area contributed by atoms with E-state index in [4.69, 9.17) is 12.3 Å². The second-order valence-corrected chi connectivity index (χ2v) is 23.0.